The fraction of sp³-hybridized carbons (Fsp3) is 0.722. The monoisotopic (exact) mass is 336 g/mol. The number of ether oxygens (including phenoxy) is 2. The van der Waals surface area contributed by atoms with Crippen molar-refractivity contribution in [2.24, 2.45) is 22.2 Å². The molecule has 0 aromatic rings. The maximum absolute atomic E-state index is 12.5. The Hall–Kier alpha value is -1.85. The quantitative estimate of drug-likeness (QED) is 0.612. The molecule has 4 saturated carbocycles. The predicted octanol–water partition coefficient (Wildman–Crippen LogP) is 2.32. The number of methoxy groups -OCH3 is 1. The van der Waals surface area contributed by atoms with Crippen LogP contribution in [0, 0.1) is 22.2 Å². The van der Waals surface area contributed by atoms with Gasteiger partial charge < -0.3 is 14.6 Å². The average Bonchev–Trinajstić information content (AvgIpc) is 2.50. The minimum absolute atomic E-state index is 0.142. The molecule has 0 heterocycles. The van der Waals surface area contributed by atoms with Gasteiger partial charge in [-0.3, -0.25) is 9.59 Å². The summed E-state index contributed by atoms with van der Waals surface area (Å²) in [6.07, 6.45) is 3.37. The summed E-state index contributed by atoms with van der Waals surface area (Å²) < 4.78 is 10.4. The van der Waals surface area contributed by atoms with Crippen molar-refractivity contribution in [3.8, 4) is 0 Å². The zero-order valence-corrected chi connectivity index (χ0v) is 14.2. The van der Waals surface area contributed by atoms with Crippen LogP contribution in [0.4, 0.5) is 0 Å². The maximum atomic E-state index is 12.5. The van der Waals surface area contributed by atoms with Crippen molar-refractivity contribution in [2.75, 3.05) is 13.7 Å². The number of rotatable bonds is 5. The number of hydrogen-bond donors (Lipinski definition) is 1. The molecule has 4 aliphatic rings. The maximum Gasteiger partial charge on any atom is 0.333 e. The van der Waals surface area contributed by atoms with E-state index in [-0.39, 0.29) is 18.5 Å². The summed E-state index contributed by atoms with van der Waals surface area (Å²) in [5.41, 5.74) is -1.82. The molecule has 0 saturated heterocycles. The van der Waals surface area contributed by atoms with Crippen molar-refractivity contribution in [3.05, 3.63) is 12.2 Å². The highest BCUT2D eigenvalue weighted by molar-refractivity contribution is 5.87. The van der Waals surface area contributed by atoms with Gasteiger partial charge in [-0.2, -0.15) is 0 Å². The fourth-order valence-corrected chi connectivity index (χ4v) is 5.82. The number of carbonyl (C=O) groups is 3. The molecule has 0 radical (unpaired) electrons. The van der Waals surface area contributed by atoms with E-state index in [0.29, 0.717) is 37.7 Å². The van der Waals surface area contributed by atoms with Gasteiger partial charge in [-0.1, -0.05) is 6.58 Å². The fourth-order valence-electron chi connectivity index (χ4n) is 5.82. The van der Waals surface area contributed by atoms with E-state index in [0.717, 1.165) is 6.42 Å². The molecule has 4 unspecified atom stereocenters. The minimum atomic E-state index is -0.913. The van der Waals surface area contributed by atoms with E-state index in [1.54, 1.807) is 6.92 Å². The first-order chi connectivity index (χ1) is 11.2. The lowest BCUT2D eigenvalue weighted by molar-refractivity contribution is -0.210. The molecule has 1 N–H and O–H groups in total. The number of hydrogen-bond acceptors (Lipinski definition) is 5. The van der Waals surface area contributed by atoms with Gasteiger partial charge in [0, 0.05) is 11.0 Å². The molecule has 4 fully saturated rings. The number of carbonyl (C=O) groups excluding carboxylic acids is 2. The predicted molar refractivity (Wildman–Crippen MR) is 83.9 cm³/mol. The van der Waals surface area contributed by atoms with E-state index < -0.39 is 28.2 Å². The lowest BCUT2D eigenvalue weighted by Gasteiger charge is -2.63. The van der Waals surface area contributed by atoms with Crippen LogP contribution in [0.15, 0.2) is 12.2 Å². The molecule has 4 aliphatic carbocycles. The summed E-state index contributed by atoms with van der Waals surface area (Å²) in [6, 6.07) is 0. The summed E-state index contributed by atoms with van der Waals surface area (Å²) in [4.78, 5) is 36.3. The number of carboxylic acid groups (broad SMARTS) is 1. The molecular weight excluding hydrogens is 312 g/mol. The second-order valence-electron chi connectivity index (χ2n) is 8.22. The molecule has 4 atom stereocenters. The molecule has 0 aliphatic heterocycles. The van der Waals surface area contributed by atoms with Crippen molar-refractivity contribution in [1.29, 1.82) is 0 Å². The van der Waals surface area contributed by atoms with Crippen LogP contribution in [0.2, 0.25) is 0 Å². The molecule has 4 rings (SSSR count). The lowest BCUT2D eigenvalue weighted by atomic mass is 9.39. The molecule has 132 valence electrons. The van der Waals surface area contributed by atoms with Crippen LogP contribution in [-0.2, 0) is 23.9 Å². The number of carboxylic acids is 1. The highest BCUT2D eigenvalue weighted by Crippen LogP contribution is 2.70. The average molecular weight is 336 g/mol. The Balaban J connectivity index is 1.93. The summed E-state index contributed by atoms with van der Waals surface area (Å²) in [5, 5.41) is 9.85. The molecule has 0 aromatic carbocycles. The molecular formula is C18H24O6. The Morgan fingerprint density at radius 2 is 1.75 bits per heavy atom. The Morgan fingerprint density at radius 3 is 2.33 bits per heavy atom. The van der Waals surface area contributed by atoms with Crippen LogP contribution in [-0.4, -0.2) is 36.7 Å². The van der Waals surface area contributed by atoms with Gasteiger partial charge in [-0.25, -0.2) is 4.79 Å². The smallest absolute Gasteiger partial charge is 0.333 e. The van der Waals surface area contributed by atoms with E-state index in [2.05, 4.69) is 6.58 Å². The van der Waals surface area contributed by atoms with E-state index in [4.69, 9.17) is 9.47 Å². The second kappa shape index (κ2) is 5.33. The zero-order valence-electron chi connectivity index (χ0n) is 14.2. The Bertz CT molecular complexity index is 625. The normalized spacial score (nSPS) is 39.3. The van der Waals surface area contributed by atoms with Crippen LogP contribution >= 0.6 is 0 Å². The van der Waals surface area contributed by atoms with E-state index in [1.807, 2.05) is 0 Å². The highest BCUT2D eigenvalue weighted by atomic mass is 16.5. The van der Waals surface area contributed by atoms with Crippen molar-refractivity contribution in [2.45, 2.75) is 45.4 Å². The van der Waals surface area contributed by atoms with Gasteiger partial charge in [-0.15, -0.1) is 0 Å². The van der Waals surface area contributed by atoms with Crippen molar-refractivity contribution < 1.29 is 29.0 Å². The van der Waals surface area contributed by atoms with Crippen molar-refractivity contribution in [1.82, 2.24) is 0 Å². The first-order valence-electron chi connectivity index (χ1n) is 8.30. The van der Waals surface area contributed by atoms with Crippen molar-refractivity contribution >= 4 is 17.9 Å². The van der Waals surface area contributed by atoms with Crippen LogP contribution in [0.3, 0.4) is 0 Å². The summed E-state index contributed by atoms with van der Waals surface area (Å²) in [5.74, 6) is -1.49. The third-order valence-electron chi connectivity index (χ3n) is 6.11. The first-order valence-corrected chi connectivity index (χ1v) is 8.30. The summed E-state index contributed by atoms with van der Waals surface area (Å²) >= 11 is 0. The van der Waals surface area contributed by atoms with E-state index in [1.165, 1.54) is 7.11 Å². The number of esters is 2. The highest BCUT2D eigenvalue weighted by Gasteiger charge is 2.68. The third-order valence-corrected chi connectivity index (χ3v) is 6.11. The molecule has 0 aromatic heterocycles. The van der Waals surface area contributed by atoms with Gasteiger partial charge in [0.05, 0.1) is 24.5 Å². The Morgan fingerprint density at radius 1 is 1.12 bits per heavy atom. The van der Waals surface area contributed by atoms with Gasteiger partial charge in [0.15, 0.2) is 0 Å². The largest absolute Gasteiger partial charge is 0.481 e. The first kappa shape index (κ1) is 17.0. The zero-order chi connectivity index (χ0) is 17.8. The SMILES string of the molecule is C=C(C)C(=O)OCC12CC3CC(C(=O)O)(C1)CC(C(=O)OC)(C3)C2. The standard InChI is InChI=1S/C18H24O6/c1-11(2)13(19)24-10-16-4-12-5-17(7-16,14(20)21)9-18(6-12,8-16)15(22)23-3/h12H,1,4-10H2,2-3H3,(H,20,21). The van der Waals surface area contributed by atoms with Crippen LogP contribution in [0.1, 0.15) is 45.4 Å². The van der Waals surface area contributed by atoms with Crippen molar-refractivity contribution in [3.63, 3.8) is 0 Å². The Labute approximate surface area is 141 Å². The molecule has 6 heteroatoms. The van der Waals surface area contributed by atoms with Crippen LogP contribution in [0.25, 0.3) is 0 Å². The topological polar surface area (TPSA) is 89.9 Å². The lowest BCUT2D eigenvalue weighted by Crippen LogP contribution is -2.62. The van der Waals surface area contributed by atoms with Gasteiger partial charge in [0.2, 0.25) is 0 Å². The van der Waals surface area contributed by atoms with Crippen LogP contribution < -0.4 is 0 Å². The van der Waals surface area contributed by atoms with E-state index >= 15 is 0 Å². The molecule has 24 heavy (non-hydrogen) atoms. The molecule has 6 nitrogen and oxygen atoms in total. The van der Waals surface area contributed by atoms with Gasteiger partial charge in [0.25, 0.3) is 0 Å². The molecule has 0 amide bonds. The van der Waals surface area contributed by atoms with Gasteiger partial charge in [-0.05, 0) is 51.4 Å². The summed E-state index contributed by atoms with van der Waals surface area (Å²) in [7, 11) is 1.35. The number of aliphatic carboxylic acids is 1. The third kappa shape index (κ3) is 2.43. The summed E-state index contributed by atoms with van der Waals surface area (Å²) in [6.45, 7) is 5.30. The molecule has 0 spiro atoms. The Kier molecular flexibility index (Phi) is 3.77. The van der Waals surface area contributed by atoms with E-state index in [9.17, 15) is 19.5 Å². The molecule has 4 bridgehead atoms. The minimum Gasteiger partial charge on any atom is -0.481 e. The second-order valence-corrected chi connectivity index (χ2v) is 8.22. The van der Waals surface area contributed by atoms with Gasteiger partial charge >= 0.3 is 17.9 Å². The van der Waals surface area contributed by atoms with Gasteiger partial charge in [0.1, 0.15) is 0 Å². The van der Waals surface area contributed by atoms with Crippen LogP contribution in [0.5, 0.6) is 0 Å².